The Morgan fingerprint density at radius 3 is 2.58 bits per heavy atom. The average Bonchev–Trinajstić information content (AvgIpc) is 3.06. The quantitative estimate of drug-likeness (QED) is 0.926. The van der Waals surface area contributed by atoms with Gasteiger partial charge in [0.2, 0.25) is 0 Å². The zero-order chi connectivity index (χ0) is 16.2. The predicted molar refractivity (Wildman–Crippen MR) is 97.9 cm³/mol. The van der Waals surface area contributed by atoms with Gasteiger partial charge in [-0.15, -0.1) is 12.4 Å². The van der Waals surface area contributed by atoms with Gasteiger partial charge in [0.1, 0.15) is 5.75 Å². The van der Waals surface area contributed by atoms with Crippen LogP contribution in [0.2, 0.25) is 0 Å². The SMILES string of the molecule is COc1cccc(C(=O)N2C[C@@H](CN)[C@H](c3ccccc3)C2)c1.Cl. The molecular formula is C19H23ClN2O2. The summed E-state index contributed by atoms with van der Waals surface area (Å²) in [6, 6.07) is 17.6. The van der Waals surface area contributed by atoms with Crippen molar-refractivity contribution in [2.75, 3.05) is 26.7 Å². The summed E-state index contributed by atoms with van der Waals surface area (Å²) in [6.45, 7) is 2.00. The number of hydrogen-bond donors (Lipinski definition) is 1. The number of halogens is 1. The number of rotatable bonds is 4. The van der Waals surface area contributed by atoms with Gasteiger partial charge in [0.25, 0.3) is 5.91 Å². The molecule has 5 heteroatoms. The first-order valence-corrected chi connectivity index (χ1v) is 7.91. The van der Waals surface area contributed by atoms with Crippen molar-refractivity contribution in [3.63, 3.8) is 0 Å². The number of methoxy groups -OCH3 is 1. The Labute approximate surface area is 149 Å². The second-order valence-electron chi connectivity index (χ2n) is 5.96. The molecule has 1 heterocycles. The van der Waals surface area contributed by atoms with E-state index in [1.807, 2.05) is 41.3 Å². The Kier molecular flexibility index (Phi) is 6.23. The number of nitrogens with two attached hydrogens (primary N) is 1. The number of likely N-dealkylation sites (tertiary alicyclic amines) is 1. The lowest BCUT2D eigenvalue weighted by Crippen LogP contribution is -2.29. The summed E-state index contributed by atoms with van der Waals surface area (Å²) in [6.07, 6.45) is 0. The summed E-state index contributed by atoms with van der Waals surface area (Å²) in [5.74, 6) is 1.34. The fraction of sp³-hybridized carbons (Fsp3) is 0.316. The van der Waals surface area contributed by atoms with E-state index in [0.717, 1.165) is 0 Å². The summed E-state index contributed by atoms with van der Waals surface area (Å²) < 4.78 is 5.21. The fourth-order valence-electron chi connectivity index (χ4n) is 3.29. The number of ether oxygens (including phenoxy) is 1. The van der Waals surface area contributed by atoms with Crippen LogP contribution >= 0.6 is 12.4 Å². The van der Waals surface area contributed by atoms with E-state index in [0.29, 0.717) is 42.8 Å². The summed E-state index contributed by atoms with van der Waals surface area (Å²) in [7, 11) is 1.61. The first-order chi connectivity index (χ1) is 11.2. The normalized spacial score (nSPS) is 19.7. The van der Waals surface area contributed by atoms with Gasteiger partial charge in [-0.2, -0.15) is 0 Å². The van der Waals surface area contributed by atoms with Gasteiger partial charge in [0.05, 0.1) is 7.11 Å². The summed E-state index contributed by atoms with van der Waals surface area (Å²) in [5.41, 5.74) is 7.86. The lowest BCUT2D eigenvalue weighted by atomic mass is 9.89. The van der Waals surface area contributed by atoms with Gasteiger partial charge in [-0.25, -0.2) is 0 Å². The van der Waals surface area contributed by atoms with E-state index in [1.165, 1.54) is 5.56 Å². The topological polar surface area (TPSA) is 55.6 Å². The smallest absolute Gasteiger partial charge is 0.254 e. The molecule has 2 aromatic rings. The van der Waals surface area contributed by atoms with Gasteiger partial charge in [-0.3, -0.25) is 4.79 Å². The zero-order valence-electron chi connectivity index (χ0n) is 13.7. The number of amides is 1. The van der Waals surface area contributed by atoms with Crippen molar-refractivity contribution in [3.8, 4) is 5.75 Å². The van der Waals surface area contributed by atoms with Crippen LogP contribution in [0.5, 0.6) is 5.75 Å². The minimum atomic E-state index is 0. The fourth-order valence-corrected chi connectivity index (χ4v) is 3.29. The third-order valence-electron chi connectivity index (χ3n) is 4.58. The molecule has 2 N–H and O–H groups in total. The van der Waals surface area contributed by atoms with Crippen molar-refractivity contribution in [2.45, 2.75) is 5.92 Å². The highest BCUT2D eigenvalue weighted by Crippen LogP contribution is 2.33. The minimum absolute atomic E-state index is 0. The van der Waals surface area contributed by atoms with Crippen LogP contribution in [-0.4, -0.2) is 37.6 Å². The van der Waals surface area contributed by atoms with Crippen molar-refractivity contribution < 1.29 is 9.53 Å². The molecule has 1 aliphatic rings. The molecule has 0 spiro atoms. The highest BCUT2D eigenvalue weighted by molar-refractivity contribution is 5.94. The summed E-state index contributed by atoms with van der Waals surface area (Å²) >= 11 is 0. The number of carbonyl (C=O) groups excluding carboxylic acids is 1. The van der Waals surface area contributed by atoms with Crippen molar-refractivity contribution in [2.24, 2.45) is 11.7 Å². The van der Waals surface area contributed by atoms with E-state index in [-0.39, 0.29) is 18.3 Å². The molecule has 24 heavy (non-hydrogen) atoms. The van der Waals surface area contributed by atoms with Crippen LogP contribution in [0.25, 0.3) is 0 Å². The molecule has 1 saturated heterocycles. The first-order valence-electron chi connectivity index (χ1n) is 7.91. The third kappa shape index (κ3) is 3.71. The van der Waals surface area contributed by atoms with Crippen molar-refractivity contribution in [3.05, 3.63) is 65.7 Å². The van der Waals surface area contributed by atoms with Crippen LogP contribution in [0.15, 0.2) is 54.6 Å². The van der Waals surface area contributed by atoms with Gasteiger partial charge in [0, 0.05) is 24.6 Å². The molecule has 1 aliphatic heterocycles. The summed E-state index contributed by atoms with van der Waals surface area (Å²) in [4.78, 5) is 14.7. The number of carbonyl (C=O) groups is 1. The predicted octanol–water partition coefficient (Wildman–Crippen LogP) is 2.93. The lowest BCUT2D eigenvalue weighted by Gasteiger charge is -2.17. The van der Waals surface area contributed by atoms with Crippen LogP contribution in [0.4, 0.5) is 0 Å². The maximum absolute atomic E-state index is 12.8. The molecule has 0 aliphatic carbocycles. The molecule has 0 unspecified atom stereocenters. The molecule has 2 atom stereocenters. The number of nitrogens with zero attached hydrogens (tertiary/aromatic N) is 1. The zero-order valence-corrected chi connectivity index (χ0v) is 14.5. The monoisotopic (exact) mass is 346 g/mol. The Morgan fingerprint density at radius 2 is 1.92 bits per heavy atom. The Bertz CT molecular complexity index is 678. The molecule has 0 radical (unpaired) electrons. The Hall–Kier alpha value is -2.04. The lowest BCUT2D eigenvalue weighted by molar-refractivity contribution is 0.0786. The molecule has 2 aromatic carbocycles. The van der Waals surface area contributed by atoms with E-state index in [9.17, 15) is 4.79 Å². The average molecular weight is 347 g/mol. The molecular weight excluding hydrogens is 324 g/mol. The van der Waals surface area contributed by atoms with E-state index in [2.05, 4.69) is 12.1 Å². The van der Waals surface area contributed by atoms with E-state index in [4.69, 9.17) is 10.5 Å². The van der Waals surface area contributed by atoms with Gasteiger partial charge in [-0.05, 0) is 36.2 Å². The number of benzene rings is 2. The molecule has 0 bridgehead atoms. The van der Waals surface area contributed by atoms with Crippen LogP contribution in [0.1, 0.15) is 21.8 Å². The summed E-state index contributed by atoms with van der Waals surface area (Å²) in [5, 5.41) is 0. The van der Waals surface area contributed by atoms with Crippen LogP contribution < -0.4 is 10.5 Å². The highest BCUT2D eigenvalue weighted by atomic mass is 35.5. The van der Waals surface area contributed by atoms with E-state index >= 15 is 0 Å². The molecule has 1 fully saturated rings. The van der Waals surface area contributed by atoms with Gasteiger partial charge in [-0.1, -0.05) is 36.4 Å². The standard InChI is InChI=1S/C19H22N2O2.ClH/c1-23-17-9-5-8-15(10-17)19(22)21-12-16(11-20)18(13-21)14-6-3-2-4-7-14;/h2-10,16,18H,11-13,20H2,1H3;1H/t16-,18+;/m1./s1. The van der Waals surface area contributed by atoms with Crippen molar-refractivity contribution >= 4 is 18.3 Å². The highest BCUT2D eigenvalue weighted by Gasteiger charge is 2.35. The minimum Gasteiger partial charge on any atom is -0.497 e. The van der Waals surface area contributed by atoms with Crippen LogP contribution in [0.3, 0.4) is 0 Å². The second kappa shape index (κ2) is 8.18. The molecule has 0 saturated carbocycles. The Balaban J connectivity index is 0.00000208. The van der Waals surface area contributed by atoms with Crippen LogP contribution in [0, 0.1) is 5.92 Å². The second-order valence-corrected chi connectivity index (χ2v) is 5.96. The van der Waals surface area contributed by atoms with Crippen LogP contribution in [-0.2, 0) is 0 Å². The maximum Gasteiger partial charge on any atom is 0.254 e. The van der Waals surface area contributed by atoms with Crippen molar-refractivity contribution in [1.29, 1.82) is 0 Å². The third-order valence-corrected chi connectivity index (χ3v) is 4.58. The molecule has 128 valence electrons. The van der Waals surface area contributed by atoms with E-state index < -0.39 is 0 Å². The van der Waals surface area contributed by atoms with Gasteiger partial charge < -0.3 is 15.4 Å². The number of hydrogen-bond acceptors (Lipinski definition) is 3. The molecule has 0 aromatic heterocycles. The van der Waals surface area contributed by atoms with Crippen molar-refractivity contribution in [1.82, 2.24) is 4.90 Å². The molecule has 4 nitrogen and oxygen atoms in total. The first kappa shape index (κ1) is 18.3. The molecule has 3 rings (SSSR count). The van der Waals surface area contributed by atoms with E-state index in [1.54, 1.807) is 13.2 Å². The van der Waals surface area contributed by atoms with Gasteiger partial charge in [0.15, 0.2) is 0 Å². The van der Waals surface area contributed by atoms with Gasteiger partial charge >= 0.3 is 0 Å². The maximum atomic E-state index is 12.8. The largest absolute Gasteiger partial charge is 0.497 e. The molecule has 1 amide bonds. The Morgan fingerprint density at radius 1 is 1.17 bits per heavy atom.